The summed E-state index contributed by atoms with van der Waals surface area (Å²) in [6, 6.07) is 0. The van der Waals surface area contributed by atoms with Crippen LogP contribution in [-0.2, 0) is 0 Å². The molecule has 2 heteroatoms. The standard InChI is InChI=1S/C11H12N2/c1-2-9-4-3-5-11-10(6-9)7-12-8-13-11/h3,5-8H,2,4H2,1H3. The summed E-state index contributed by atoms with van der Waals surface area (Å²) in [7, 11) is 0. The van der Waals surface area contributed by atoms with E-state index in [9.17, 15) is 0 Å². The molecule has 1 aliphatic rings. The van der Waals surface area contributed by atoms with Gasteiger partial charge in [-0.05, 0) is 18.9 Å². The molecule has 0 atom stereocenters. The van der Waals surface area contributed by atoms with Crippen molar-refractivity contribution in [3.63, 3.8) is 0 Å². The first-order valence-corrected chi connectivity index (χ1v) is 4.56. The van der Waals surface area contributed by atoms with Crippen LogP contribution in [0.3, 0.4) is 0 Å². The molecule has 66 valence electrons. The predicted octanol–water partition coefficient (Wildman–Crippen LogP) is 2.69. The molecule has 0 bridgehead atoms. The average molecular weight is 172 g/mol. The summed E-state index contributed by atoms with van der Waals surface area (Å²) < 4.78 is 0. The molecule has 1 aromatic heterocycles. The topological polar surface area (TPSA) is 25.8 Å². The van der Waals surface area contributed by atoms with Crippen molar-refractivity contribution in [2.24, 2.45) is 0 Å². The molecule has 0 N–H and O–H groups in total. The van der Waals surface area contributed by atoms with Crippen LogP contribution >= 0.6 is 0 Å². The predicted molar refractivity (Wildman–Crippen MR) is 54.0 cm³/mol. The van der Waals surface area contributed by atoms with E-state index in [0.717, 1.165) is 24.1 Å². The second-order valence-electron chi connectivity index (χ2n) is 3.13. The van der Waals surface area contributed by atoms with Crippen molar-refractivity contribution in [3.8, 4) is 0 Å². The molecule has 13 heavy (non-hydrogen) atoms. The molecule has 2 nitrogen and oxygen atoms in total. The Morgan fingerprint density at radius 2 is 2.38 bits per heavy atom. The third-order valence-electron chi connectivity index (χ3n) is 2.24. The number of fused-ring (bicyclic) bond motifs is 1. The monoisotopic (exact) mass is 172 g/mol. The normalized spacial score (nSPS) is 14.7. The van der Waals surface area contributed by atoms with Gasteiger partial charge in [-0.3, -0.25) is 0 Å². The molecule has 0 radical (unpaired) electrons. The molecule has 0 spiro atoms. The van der Waals surface area contributed by atoms with Gasteiger partial charge in [0.05, 0.1) is 5.69 Å². The van der Waals surface area contributed by atoms with Crippen molar-refractivity contribution in [2.75, 3.05) is 0 Å². The molecule has 0 amide bonds. The highest BCUT2D eigenvalue weighted by Crippen LogP contribution is 2.20. The molecule has 2 rings (SSSR count). The zero-order valence-electron chi connectivity index (χ0n) is 7.70. The Kier molecular flexibility index (Phi) is 2.21. The zero-order valence-corrected chi connectivity index (χ0v) is 7.70. The number of hydrogen-bond donors (Lipinski definition) is 0. The van der Waals surface area contributed by atoms with Gasteiger partial charge in [-0.25, -0.2) is 9.97 Å². The maximum Gasteiger partial charge on any atom is 0.116 e. The van der Waals surface area contributed by atoms with Crippen molar-refractivity contribution in [1.29, 1.82) is 0 Å². The van der Waals surface area contributed by atoms with Crippen LogP contribution in [0.15, 0.2) is 24.2 Å². The van der Waals surface area contributed by atoms with Gasteiger partial charge >= 0.3 is 0 Å². The molecule has 1 aliphatic carbocycles. The van der Waals surface area contributed by atoms with E-state index < -0.39 is 0 Å². The van der Waals surface area contributed by atoms with Crippen LogP contribution in [0.5, 0.6) is 0 Å². The Balaban J connectivity index is 2.49. The van der Waals surface area contributed by atoms with E-state index in [0.29, 0.717) is 0 Å². The molecular weight excluding hydrogens is 160 g/mol. The molecule has 0 aromatic carbocycles. The van der Waals surface area contributed by atoms with Crippen LogP contribution in [0.1, 0.15) is 31.0 Å². The fourth-order valence-corrected chi connectivity index (χ4v) is 1.45. The molecule has 0 saturated carbocycles. The SMILES string of the molecule is CCC1=Cc2cncnc2C=CC1. The highest BCUT2D eigenvalue weighted by molar-refractivity contribution is 5.65. The van der Waals surface area contributed by atoms with Gasteiger partial charge in [-0.1, -0.05) is 24.6 Å². The highest BCUT2D eigenvalue weighted by atomic mass is 14.8. The van der Waals surface area contributed by atoms with E-state index in [2.05, 4.69) is 35.1 Å². The van der Waals surface area contributed by atoms with Gasteiger partial charge in [-0.15, -0.1) is 0 Å². The summed E-state index contributed by atoms with van der Waals surface area (Å²) in [5, 5.41) is 0. The second-order valence-corrected chi connectivity index (χ2v) is 3.13. The van der Waals surface area contributed by atoms with Crippen molar-refractivity contribution in [3.05, 3.63) is 35.4 Å². The summed E-state index contributed by atoms with van der Waals surface area (Å²) in [6.45, 7) is 2.18. The zero-order chi connectivity index (χ0) is 9.10. The smallest absolute Gasteiger partial charge is 0.116 e. The van der Waals surface area contributed by atoms with Crippen LogP contribution in [0.2, 0.25) is 0 Å². The minimum atomic E-state index is 1.03. The third kappa shape index (κ3) is 1.66. The van der Waals surface area contributed by atoms with E-state index in [1.165, 1.54) is 5.57 Å². The van der Waals surface area contributed by atoms with Gasteiger partial charge in [0.25, 0.3) is 0 Å². The van der Waals surface area contributed by atoms with Gasteiger partial charge in [0.1, 0.15) is 6.33 Å². The first-order valence-electron chi connectivity index (χ1n) is 4.56. The number of allylic oxidation sites excluding steroid dienone is 2. The number of aromatic nitrogens is 2. The van der Waals surface area contributed by atoms with Crippen LogP contribution in [0.4, 0.5) is 0 Å². The summed E-state index contributed by atoms with van der Waals surface area (Å²) in [5.74, 6) is 0. The second kappa shape index (κ2) is 3.52. The van der Waals surface area contributed by atoms with E-state index in [1.54, 1.807) is 6.33 Å². The van der Waals surface area contributed by atoms with Gasteiger partial charge in [0.2, 0.25) is 0 Å². The Labute approximate surface area is 78.0 Å². The quantitative estimate of drug-likeness (QED) is 0.650. The number of nitrogens with zero attached hydrogens (tertiary/aromatic N) is 2. The van der Waals surface area contributed by atoms with Crippen LogP contribution < -0.4 is 0 Å². The van der Waals surface area contributed by atoms with E-state index in [1.807, 2.05) is 6.20 Å². The van der Waals surface area contributed by atoms with Crippen molar-refractivity contribution in [2.45, 2.75) is 19.8 Å². The lowest BCUT2D eigenvalue weighted by atomic mass is 10.1. The van der Waals surface area contributed by atoms with Gasteiger partial charge in [0.15, 0.2) is 0 Å². The minimum Gasteiger partial charge on any atom is -0.244 e. The van der Waals surface area contributed by atoms with Crippen molar-refractivity contribution in [1.82, 2.24) is 9.97 Å². The fourth-order valence-electron chi connectivity index (χ4n) is 1.45. The molecule has 0 aliphatic heterocycles. The molecule has 1 aromatic rings. The lowest BCUT2D eigenvalue weighted by Crippen LogP contribution is -1.87. The van der Waals surface area contributed by atoms with E-state index >= 15 is 0 Å². The average Bonchev–Trinajstić information content (AvgIpc) is 2.38. The highest BCUT2D eigenvalue weighted by Gasteiger charge is 2.03. The Hall–Kier alpha value is -1.44. The lowest BCUT2D eigenvalue weighted by molar-refractivity contribution is 1.05. The van der Waals surface area contributed by atoms with Gasteiger partial charge in [-0.2, -0.15) is 0 Å². The van der Waals surface area contributed by atoms with Crippen LogP contribution in [0.25, 0.3) is 12.2 Å². The van der Waals surface area contributed by atoms with Gasteiger partial charge < -0.3 is 0 Å². The van der Waals surface area contributed by atoms with Gasteiger partial charge in [0, 0.05) is 11.8 Å². The number of rotatable bonds is 1. The third-order valence-corrected chi connectivity index (χ3v) is 2.24. The molecule has 0 unspecified atom stereocenters. The maximum atomic E-state index is 4.21. The summed E-state index contributed by atoms with van der Waals surface area (Å²) >= 11 is 0. The number of hydrogen-bond acceptors (Lipinski definition) is 2. The minimum absolute atomic E-state index is 1.03. The first kappa shape index (κ1) is 8.17. The molecular formula is C11H12N2. The Morgan fingerprint density at radius 1 is 1.46 bits per heavy atom. The molecule has 1 heterocycles. The largest absolute Gasteiger partial charge is 0.244 e. The van der Waals surface area contributed by atoms with Crippen LogP contribution in [0, 0.1) is 0 Å². The van der Waals surface area contributed by atoms with Crippen molar-refractivity contribution < 1.29 is 0 Å². The summed E-state index contributed by atoms with van der Waals surface area (Å²) in [6.07, 6.45) is 12.0. The fraction of sp³-hybridized carbons (Fsp3) is 0.273. The van der Waals surface area contributed by atoms with E-state index in [4.69, 9.17) is 0 Å². The first-order chi connectivity index (χ1) is 6.40. The summed E-state index contributed by atoms with van der Waals surface area (Å²) in [5.41, 5.74) is 3.59. The Bertz CT molecular complexity index is 364. The lowest BCUT2D eigenvalue weighted by Gasteiger charge is -1.98. The Morgan fingerprint density at radius 3 is 3.23 bits per heavy atom. The maximum absolute atomic E-state index is 4.21. The molecule has 0 fully saturated rings. The summed E-state index contributed by atoms with van der Waals surface area (Å²) in [4.78, 5) is 8.22. The van der Waals surface area contributed by atoms with Crippen LogP contribution in [-0.4, -0.2) is 9.97 Å². The molecule has 0 saturated heterocycles. The van der Waals surface area contributed by atoms with E-state index in [-0.39, 0.29) is 0 Å². The van der Waals surface area contributed by atoms with Crippen molar-refractivity contribution >= 4 is 12.2 Å².